The molecule has 0 saturated carbocycles. The third-order valence-corrected chi connectivity index (χ3v) is 5.63. The normalized spacial score (nSPS) is 13.9. The van der Waals surface area contributed by atoms with Gasteiger partial charge in [0.05, 0.1) is 53.9 Å². The topological polar surface area (TPSA) is 117 Å². The number of pyridine rings is 1. The fraction of sp³-hybridized carbons (Fsp3) is 0.217. The smallest absolute Gasteiger partial charge is 0.270 e. The third-order valence-electron chi connectivity index (χ3n) is 5.32. The molecule has 1 aliphatic rings. The lowest BCUT2D eigenvalue weighted by molar-refractivity contribution is 0.122. The maximum Gasteiger partial charge on any atom is 0.270 e. The summed E-state index contributed by atoms with van der Waals surface area (Å²) in [5.41, 5.74) is 4.17. The molecule has 12 heteroatoms. The standard InChI is InChI=1S/C23H21ClFN9O/c24-19-9-15(16-10-28-29-11-16)1-4-21(19)31-18-3-2-17(26-12-18)13-30-33-23-27-14-20(25)22(32-23)34-5-7-35-8-6-34/h1-4,9-12,14,31H,5-8,13H2,(H,28,29). The van der Waals surface area contributed by atoms with E-state index in [1.165, 1.54) is 0 Å². The van der Waals surface area contributed by atoms with E-state index in [0.29, 0.717) is 37.0 Å². The van der Waals surface area contributed by atoms with Crippen molar-refractivity contribution >= 4 is 34.7 Å². The average Bonchev–Trinajstić information content (AvgIpc) is 3.43. The maximum atomic E-state index is 14.1. The van der Waals surface area contributed by atoms with Gasteiger partial charge in [0, 0.05) is 24.8 Å². The van der Waals surface area contributed by atoms with Crippen molar-refractivity contribution in [2.75, 3.05) is 36.5 Å². The second kappa shape index (κ2) is 10.5. The molecule has 1 fully saturated rings. The highest BCUT2D eigenvalue weighted by Crippen LogP contribution is 2.30. The number of halogens is 2. The number of azo groups is 1. The van der Waals surface area contributed by atoms with Gasteiger partial charge in [0.2, 0.25) is 0 Å². The number of rotatable bonds is 7. The zero-order valence-electron chi connectivity index (χ0n) is 18.5. The summed E-state index contributed by atoms with van der Waals surface area (Å²) in [7, 11) is 0. The zero-order chi connectivity index (χ0) is 24.0. The number of nitrogens with one attached hydrogen (secondary N) is 2. The number of hydrogen-bond donors (Lipinski definition) is 2. The molecular formula is C23H21ClFN9O. The molecule has 10 nitrogen and oxygen atoms in total. The molecule has 0 amide bonds. The Morgan fingerprint density at radius 2 is 1.97 bits per heavy atom. The van der Waals surface area contributed by atoms with E-state index in [1.807, 2.05) is 41.4 Å². The quantitative estimate of drug-likeness (QED) is 0.351. The highest BCUT2D eigenvalue weighted by molar-refractivity contribution is 6.33. The minimum atomic E-state index is -0.494. The summed E-state index contributed by atoms with van der Waals surface area (Å²) < 4.78 is 19.4. The van der Waals surface area contributed by atoms with Crippen LogP contribution in [0, 0.1) is 5.82 Å². The van der Waals surface area contributed by atoms with E-state index in [9.17, 15) is 4.39 Å². The largest absolute Gasteiger partial charge is 0.378 e. The van der Waals surface area contributed by atoms with E-state index >= 15 is 0 Å². The Morgan fingerprint density at radius 3 is 2.71 bits per heavy atom. The molecular weight excluding hydrogens is 473 g/mol. The minimum absolute atomic E-state index is 0.0969. The Hall–Kier alpha value is -3.96. The van der Waals surface area contributed by atoms with Gasteiger partial charge in [0.1, 0.15) is 6.54 Å². The first-order chi connectivity index (χ1) is 17.2. The number of aromatic amines is 1. The Morgan fingerprint density at radius 1 is 1.09 bits per heavy atom. The number of morpholine rings is 1. The fourth-order valence-electron chi connectivity index (χ4n) is 3.52. The summed E-state index contributed by atoms with van der Waals surface area (Å²) in [6.45, 7) is 2.41. The maximum absolute atomic E-state index is 14.1. The second-order valence-electron chi connectivity index (χ2n) is 7.69. The van der Waals surface area contributed by atoms with Gasteiger partial charge >= 0.3 is 0 Å². The van der Waals surface area contributed by atoms with Crippen LogP contribution in [0.1, 0.15) is 5.69 Å². The van der Waals surface area contributed by atoms with Crippen molar-refractivity contribution in [1.82, 2.24) is 25.1 Å². The van der Waals surface area contributed by atoms with Crippen LogP contribution in [0.4, 0.5) is 27.5 Å². The zero-order valence-corrected chi connectivity index (χ0v) is 19.3. The van der Waals surface area contributed by atoms with Crippen LogP contribution in [0.25, 0.3) is 11.1 Å². The van der Waals surface area contributed by atoms with E-state index in [4.69, 9.17) is 16.3 Å². The molecule has 0 bridgehead atoms. The van der Waals surface area contributed by atoms with Crippen LogP contribution in [0.3, 0.4) is 0 Å². The molecule has 4 heterocycles. The van der Waals surface area contributed by atoms with Gasteiger partial charge in [0.25, 0.3) is 5.95 Å². The van der Waals surface area contributed by atoms with Crippen LogP contribution >= 0.6 is 11.6 Å². The Bertz CT molecular complexity index is 1310. The lowest BCUT2D eigenvalue weighted by Crippen LogP contribution is -2.37. The number of hydrogen-bond acceptors (Lipinski definition) is 9. The lowest BCUT2D eigenvalue weighted by Gasteiger charge is -2.27. The van der Waals surface area contributed by atoms with E-state index < -0.39 is 5.82 Å². The van der Waals surface area contributed by atoms with Crippen molar-refractivity contribution in [3.8, 4) is 11.1 Å². The summed E-state index contributed by atoms with van der Waals surface area (Å²) in [5, 5.41) is 18.7. The molecule has 0 atom stereocenters. The second-order valence-corrected chi connectivity index (χ2v) is 8.09. The summed E-state index contributed by atoms with van der Waals surface area (Å²) in [6, 6.07) is 9.45. The summed E-state index contributed by atoms with van der Waals surface area (Å²) in [5.74, 6) is -0.186. The SMILES string of the molecule is Fc1cnc(N=NCc2ccc(Nc3ccc(-c4cn[nH]c4)cc3Cl)cn2)nc1N1CCOCC1. The Kier molecular flexibility index (Phi) is 6.87. The van der Waals surface area contributed by atoms with Crippen LogP contribution in [0.5, 0.6) is 0 Å². The van der Waals surface area contributed by atoms with Gasteiger partial charge in [-0.05, 0) is 29.8 Å². The van der Waals surface area contributed by atoms with Crippen molar-refractivity contribution in [3.05, 3.63) is 71.7 Å². The predicted octanol–water partition coefficient (Wildman–Crippen LogP) is 4.92. The highest BCUT2D eigenvalue weighted by atomic mass is 35.5. The Labute approximate surface area is 205 Å². The van der Waals surface area contributed by atoms with E-state index in [2.05, 4.69) is 40.7 Å². The molecule has 0 unspecified atom stereocenters. The predicted molar refractivity (Wildman–Crippen MR) is 130 cm³/mol. The number of aromatic nitrogens is 5. The third kappa shape index (κ3) is 5.58. The van der Waals surface area contributed by atoms with Crippen molar-refractivity contribution < 1.29 is 9.13 Å². The number of benzene rings is 1. The molecule has 0 radical (unpaired) electrons. The van der Waals surface area contributed by atoms with Crippen molar-refractivity contribution in [2.24, 2.45) is 10.2 Å². The van der Waals surface area contributed by atoms with Crippen LogP contribution in [0.15, 0.2) is 65.3 Å². The monoisotopic (exact) mass is 493 g/mol. The van der Waals surface area contributed by atoms with Crippen LogP contribution < -0.4 is 10.2 Å². The highest BCUT2D eigenvalue weighted by Gasteiger charge is 2.17. The molecule has 1 saturated heterocycles. The minimum Gasteiger partial charge on any atom is -0.378 e. The van der Waals surface area contributed by atoms with Gasteiger partial charge in [-0.2, -0.15) is 15.2 Å². The first kappa shape index (κ1) is 22.8. The molecule has 1 aromatic carbocycles. The number of anilines is 3. The molecule has 1 aliphatic heterocycles. The molecule has 0 aliphatic carbocycles. The molecule has 5 rings (SSSR count). The molecule has 0 spiro atoms. The first-order valence-corrected chi connectivity index (χ1v) is 11.3. The van der Waals surface area contributed by atoms with Crippen LogP contribution in [0.2, 0.25) is 5.02 Å². The number of H-pyrrole nitrogens is 1. The van der Waals surface area contributed by atoms with E-state index in [1.54, 1.807) is 12.4 Å². The van der Waals surface area contributed by atoms with E-state index in [-0.39, 0.29) is 18.3 Å². The molecule has 2 N–H and O–H groups in total. The summed E-state index contributed by atoms with van der Waals surface area (Å²) in [4.78, 5) is 14.3. The van der Waals surface area contributed by atoms with Crippen molar-refractivity contribution in [3.63, 3.8) is 0 Å². The van der Waals surface area contributed by atoms with Crippen LogP contribution in [-0.2, 0) is 11.3 Å². The van der Waals surface area contributed by atoms with Gasteiger partial charge in [-0.15, -0.1) is 5.11 Å². The Balaban J connectivity index is 1.20. The molecule has 35 heavy (non-hydrogen) atoms. The van der Waals surface area contributed by atoms with Gasteiger partial charge in [-0.3, -0.25) is 10.1 Å². The van der Waals surface area contributed by atoms with Gasteiger partial charge in [-0.1, -0.05) is 17.7 Å². The van der Waals surface area contributed by atoms with E-state index in [0.717, 1.165) is 28.7 Å². The van der Waals surface area contributed by atoms with Crippen LogP contribution in [-0.4, -0.2) is 51.5 Å². The summed E-state index contributed by atoms with van der Waals surface area (Å²) in [6.07, 6.45) is 6.35. The lowest BCUT2D eigenvalue weighted by atomic mass is 10.1. The first-order valence-electron chi connectivity index (χ1n) is 10.9. The number of nitrogens with zero attached hydrogens (tertiary/aromatic N) is 7. The van der Waals surface area contributed by atoms with Gasteiger partial charge in [-0.25, -0.2) is 9.37 Å². The van der Waals surface area contributed by atoms with Gasteiger partial charge in [0.15, 0.2) is 11.6 Å². The molecule has 4 aromatic rings. The van der Waals surface area contributed by atoms with Gasteiger partial charge < -0.3 is 15.0 Å². The molecule has 178 valence electrons. The van der Waals surface area contributed by atoms with Crippen molar-refractivity contribution in [1.29, 1.82) is 0 Å². The number of ether oxygens (including phenoxy) is 1. The summed E-state index contributed by atoms with van der Waals surface area (Å²) >= 11 is 6.44. The fourth-order valence-corrected chi connectivity index (χ4v) is 3.75. The molecule has 3 aromatic heterocycles. The average molecular weight is 494 g/mol. The van der Waals surface area contributed by atoms with Crippen molar-refractivity contribution in [2.45, 2.75) is 6.54 Å².